The molecule has 0 aliphatic heterocycles. The van der Waals surface area contributed by atoms with E-state index in [1.54, 1.807) is 18.5 Å². The van der Waals surface area contributed by atoms with Crippen LogP contribution in [0.3, 0.4) is 0 Å². The number of nitrogens with zero attached hydrogens (tertiary/aromatic N) is 1. The summed E-state index contributed by atoms with van der Waals surface area (Å²) in [6.07, 6.45) is 9.24. The molecule has 1 aliphatic rings. The second-order valence-electron chi connectivity index (χ2n) is 5.31. The van der Waals surface area contributed by atoms with E-state index < -0.39 is 0 Å². The minimum atomic E-state index is -0.0879. The van der Waals surface area contributed by atoms with Gasteiger partial charge in [0.2, 0.25) is 0 Å². The molecule has 0 saturated heterocycles. The molecule has 2 rings (SSSR count). The minimum Gasteiger partial charge on any atom is -0.351 e. The lowest BCUT2D eigenvalue weighted by molar-refractivity contribution is 0.0929. The molecule has 5 heteroatoms. The van der Waals surface area contributed by atoms with Crippen molar-refractivity contribution in [1.29, 1.82) is 0 Å². The monoisotopic (exact) mass is 262 g/mol. The minimum absolute atomic E-state index is 0.0879. The maximum atomic E-state index is 12.2. The van der Waals surface area contributed by atoms with Crippen LogP contribution in [0.15, 0.2) is 18.5 Å². The number of hydrogen-bond acceptors (Lipinski definition) is 4. The van der Waals surface area contributed by atoms with Crippen LogP contribution in [0.25, 0.3) is 0 Å². The van der Waals surface area contributed by atoms with Crippen LogP contribution in [0.5, 0.6) is 0 Å². The van der Waals surface area contributed by atoms with Gasteiger partial charge < -0.3 is 10.7 Å². The van der Waals surface area contributed by atoms with Crippen molar-refractivity contribution in [2.75, 3.05) is 12.0 Å². The third kappa shape index (κ3) is 3.04. The standard InChI is InChI=1S/C14H22N4O/c1-2-14(6-3-4-7-14)10-17-13(19)11-5-8-16-9-12(11)18-15/h5,8-9,18H,2-4,6-7,10,15H2,1H3,(H,17,19). The number of aromatic nitrogens is 1. The van der Waals surface area contributed by atoms with Gasteiger partial charge in [0.25, 0.3) is 5.91 Å². The van der Waals surface area contributed by atoms with E-state index in [4.69, 9.17) is 5.84 Å². The molecule has 0 radical (unpaired) electrons. The number of pyridine rings is 1. The Morgan fingerprint density at radius 2 is 2.21 bits per heavy atom. The Kier molecular flexibility index (Phi) is 4.37. The normalized spacial score (nSPS) is 17.2. The van der Waals surface area contributed by atoms with Gasteiger partial charge in [0.15, 0.2) is 0 Å². The Hall–Kier alpha value is -1.62. The second-order valence-corrected chi connectivity index (χ2v) is 5.31. The van der Waals surface area contributed by atoms with Crippen molar-refractivity contribution < 1.29 is 4.79 Å². The predicted molar refractivity (Wildman–Crippen MR) is 75.6 cm³/mol. The van der Waals surface area contributed by atoms with Gasteiger partial charge in [-0.1, -0.05) is 19.8 Å². The van der Waals surface area contributed by atoms with Crippen molar-refractivity contribution in [3.05, 3.63) is 24.0 Å². The smallest absolute Gasteiger partial charge is 0.253 e. The maximum absolute atomic E-state index is 12.2. The second kappa shape index (κ2) is 6.02. The predicted octanol–water partition coefficient (Wildman–Crippen LogP) is 2.07. The van der Waals surface area contributed by atoms with Crippen LogP contribution in [0.1, 0.15) is 49.4 Å². The molecule has 4 N–H and O–H groups in total. The summed E-state index contributed by atoms with van der Waals surface area (Å²) in [7, 11) is 0. The Labute approximate surface area is 114 Å². The number of carbonyl (C=O) groups is 1. The van der Waals surface area contributed by atoms with Crippen molar-refractivity contribution in [3.8, 4) is 0 Å². The topological polar surface area (TPSA) is 80.0 Å². The lowest BCUT2D eigenvalue weighted by Gasteiger charge is -2.27. The quantitative estimate of drug-likeness (QED) is 0.560. The Morgan fingerprint density at radius 1 is 1.47 bits per heavy atom. The maximum Gasteiger partial charge on any atom is 0.253 e. The van der Waals surface area contributed by atoms with E-state index in [2.05, 4.69) is 22.7 Å². The van der Waals surface area contributed by atoms with Crippen molar-refractivity contribution in [3.63, 3.8) is 0 Å². The zero-order valence-electron chi connectivity index (χ0n) is 11.4. The summed E-state index contributed by atoms with van der Waals surface area (Å²) >= 11 is 0. The first-order chi connectivity index (χ1) is 9.21. The molecule has 1 amide bonds. The molecule has 1 heterocycles. The Morgan fingerprint density at radius 3 is 2.84 bits per heavy atom. The Bertz CT molecular complexity index is 441. The van der Waals surface area contributed by atoms with Gasteiger partial charge in [-0.05, 0) is 30.7 Å². The molecular formula is C14H22N4O. The van der Waals surface area contributed by atoms with E-state index in [0.717, 1.165) is 13.0 Å². The van der Waals surface area contributed by atoms with Crippen LogP contribution >= 0.6 is 0 Å². The van der Waals surface area contributed by atoms with Crippen LogP contribution in [-0.2, 0) is 0 Å². The number of hydrazine groups is 1. The molecule has 0 aromatic carbocycles. The first kappa shape index (κ1) is 13.8. The van der Waals surface area contributed by atoms with Crippen molar-refractivity contribution in [2.24, 2.45) is 11.3 Å². The zero-order chi connectivity index (χ0) is 13.7. The SMILES string of the molecule is CCC1(CNC(=O)c2ccncc2NN)CCCC1. The Balaban J connectivity index is 2.01. The molecule has 1 fully saturated rings. The third-order valence-corrected chi connectivity index (χ3v) is 4.26. The number of anilines is 1. The van der Waals surface area contributed by atoms with Gasteiger partial charge in [0.1, 0.15) is 0 Å². The van der Waals surface area contributed by atoms with E-state index in [0.29, 0.717) is 16.7 Å². The van der Waals surface area contributed by atoms with Crippen LogP contribution in [0.4, 0.5) is 5.69 Å². The van der Waals surface area contributed by atoms with E-state index in [9.17, 15) is 4.79 Å². The first-order valence-corrected chi connectivity index (χ1v) is 6.89. The van der Waals surface area contributed by atoms with Gasteiger partial charge >= 0.3 is 0 Å². The van der Waals surface area contributed by atoms with Crippen molar-refractivity contribution in [2.45, 2.75) is 39.0 Å². The van der Waals surface area contributed by atoms with E-state index in [1.807, 2.05) is 0 Å². The average Bonchev–Trinajstić information content (AvgIpc) is 2.94. The molecule has 0 atom stereocenters. The molecule has 1 aromatic rings. The van der Waals surface area contributed by atoms with Crippen LogP contribution < -0.4 is 16.6 Å². The number of carbonyl (C=O) groups excluding carboxylic acids is 1. The summed E-state index contributed by atoms with van der Waals surface area (Å²) in [6.45, 7) is 2.95. The van der Waals surface area contributed by atoms with Gasteiger partial charge in [-0.15, -0.1) is 0 Å². The fourth-order valence-corrected chi connectivity index (χ4v) is 2.85. The summed E-state index contributed by atoms with van der Waals surface area (Å²) in [6, 6.07) is 1.68. The molecule has 0 bridgehead atoms. The van der Waals surface area contributed by atoms with Gasteiger partial charge in [0, 0.05) is 12.7 Å². The molecular weight excluding hydrogens is 240 g/mol. The lowest BCUT2D eigenvalue weighted by atomic mass is 9.83. The lowest BCUT2D eigenvalue weighted by Crippen LogP contribution is -2.36. The largest absolute Gasteiger partial charge is 0.351 e. The number of amides is 1. The molecule has 1 saturated carbocycles. The molecule has 104 valence electrons. The summed E-state index contributed by atoms with van der Waals surface area (Å²) in [4.78, 5) is 16.1. The molecule has 19 heavy (non-hydrogen) atoms. The van der Waals surface area contributed by atoms with Crippen LogP contribution in [0, 0.1) is 5.41 Å². The van der Waals surface area contributed by atoms with Gasteiger partial charge in [-0.25, -0.2) is 0 Å². The highest BCUT2D eigenvalue weighted by atomic mass is 16.1. The van der Waals surface area contributed by atoms with E-state index >= 15 is 0 Å². The fourth-order valence-electron chi connectivity index (χ4n) is 2.85. The summed E-state index contributed by atoms with van der Waals surface area (Å²) < 4.78 is 0. The highest BCUT2D eigenvalue weighted by Crippen LogP contribution is 2.40. The molecule has 0 unspecified atom stereocenters. The first-order valence-electron chi connectivity index (χ1n) is 6.89. The van der Waals surface area contributed by atoms with Gasteiger partial charge in [-0.2, -0.15) is 0 Å². The number of nitrogens with two attached hydrogens (primary N) is 1. The zero-order valence-corrected chi connectivity index (χ0v) is 11.4. The summed E-state index contributed by atoms with van der Waals surface area (Å²) in [5.41, 5.74) is 3.89. The summed E-state index contributed by atoms with van der Waals surface area (Å²) in [5, 5.41) is 3.05. The van der Waals surface area contributed by atoms with Crippen molar-refractivity contribution in [1.82, 2.24) is 10.3 Å². The third-order valence-electron chi connectivity index (χ3n) is 4.26. The fraction of sp³-hybridized carbons (Fsp3) is 0.571. The number of hydrogen-bond donors (Lipinski definition) is 3. The van der Waals surface area contributed by atoms with Crippen molar-refractivity contribution >= 4 is 11.6 Å². The summed E-state index contributed by atoms with van der Waals surface area (Å²) in [5.74, 6) is 5.30. The van der Waals surface area contributed by atoms with Crippen LogP contribution in [0.2, 0.25) is 0 Å². The molecule has 1 aliphatic carbocycles. The van der Waals surface area contributed by atoms with Gasteiger partial charge in [-0.3, -0.25) is 15.6 Å². The highest BCUT2D eigenvalue weighted by molar-refractivity contribution is 5.99. The molecule has 0 spiro atoms. The van der Waals surface area contributed by atoms with E-state index in [1.165, 1.54) is 25.7 Å². The highest BCUT2D eigenvalue weighted by Gasteiger charge is 2.32. The number of nitrogen functional groups attached to an aromatic ring is 1. The van der Waals surface area contributed by atoms with Gasteiger partial charge in [0.05, 0.1) is 17.4 Å². The number of rotatable bonds is 5. The number of nitrogens with one attached hydrogen (secondary N) is 2. The van der Waals surface area contributed by atoms with Crippen LogP contribution in [-0.4, -0.2) is 17.4 Å². The molecule has 1 aromatic heterocycles. The van der Waals surface area contributed by atoms with E-state index in [-0.39, 0.29) is 5.91 Å². The molecule has 5 nitrogen and oxygen atoms in total. The average molecular weight is 262 g/mol.